The predicted molar refractivity (Wildman–Crippen MR) is 61.1 cm³/mol. The first-order valence-electron chi connectivity index (χ1n) is 6.37. The molecule has 3 unspecified atom stereocenters. The van der Waals surface area contributed by atoms with E-state index in [0.29, 0.717) is 0 Å². The second kappa shape index (κ2) is 3.52. The van der Waals surface area contributed by atoms with E-state index in [-0.39, 0.29) is 5.54 Å². The van der Waals surface area contributed by atoms with Gasteiger partial charge in [0.05, 0.1) is 0 Å². The molecule has 1 nitrogen and oxygen atoms in total. The molecule has 2 aliphatic rings. The van der Waals surface area contributed by atoms with E-state index in [4.69, 9.17) is 5.73 Å². The van der Waals surface area contributed by atoms with Crippen LogP contribution in [-0.4, -0.2) is 5.54 Å². The molecule has 0 aromatic rings. The highest BCUT2D eigenvalue weighted by molar-refractivity contribution is 5.11. The smallest absolute Gasteiger partial charge is 0.0131 e. The molecule has 82 valence electrons. The van der Waals surface area contributed by atoms with Crippen molar-refractivity contribution in [3.8, 4) is 0 Å². The van der Waals surface area contributed by atoms with Gasteiger partial charge < -0.3 is 5.73 Å². The Morgan fingerprint density at radius 3 is 2.64 bits per heavy atom. The molecule has 2 rings (SSSR count). The van der Waals surface area contributed by atoms with E-state index in [1.165, 1.54) is 51.4 Å². The Labute approximate surface area is 88.4 Å². The average molecular weight is 195 g/mol. The maximum atomic E-state index is 6.21. The number of hydrogen-bond donors (Lipinski definition) is 1. The van der Waals surface area contributed by atoms with Crippen LogP contribution in [0.25, 0.3) is 0 Å². The fourth-order valence-electron chi connectivity index (χ4n) is 3.52. The van der Waals surface area contributed by atoms with Crippen LogP contribution in [0.4, 0.5) is 0 Å². The molecule has 1 heteroatoms. The van der Waals surface area contributed by atoms with E-state index < -0.39 is 0 Å². The first kappa shape index (κ1) is 10.5. The van der Waals surface area contributed by atoms with Crippen LogP contribution in [0.3, 0.4) is 0 Å². The van der Waals surface area contributed by atoms with Gasteiger partial charge in [-0.25, -0.2) is 0 Å². The summed E-state index contributed by atoms with van der Waals surface area (Å²) in [6, 6.07) is 0. The third-order valence-electron chi connectivity index (χ3n) is 4.46. The zero-order valence-corrected chi connectivity index (χ0v) is 9.81. The average Bonchev–Trinajstić information content (AvgIpc) is 2.66. The van der Waals surface area contributed by atoms with E-state index in [1.54, 1.807) is 0 Å². The number of hydrogen-bond acceptors (Lipinski definition) is 1. The van der Waals surface area contributed by atoms with Gasteiger partial charge in [0.2, 0.25) is 0 Å². The maximum Gasteiger partial charge on any atom is 0.0131 e. The van der Waals surface area contributed by atoms with Gasteiger partial charge in [-0.3, -0.25) is 0 Å². The lowest BCUT2D eigenvalue weighted by molar-refractivity contribution is 0.400. The van der Waals surface area contributed by atoms with Crippen LogP contribution >= 0.6 is 0 Å². The largest absolute Gasteiger partial charge is 0.325 e. The molecular formula is C13H25N. The highest BCUT2D eigenvalue weighted by atomic mass is 14.8. The molecule has 2 N–H and O–H groups in total. The topological polar surface area (TPSA) is 26.0 Å². The summed E-state index contributed by atoms with van der Waals surface area (Å²) in [6.45, 7) is 4.53. The van der Waals surface area contributed by atoms with E-state index in [1.807, 2.05) is 0 Å². The van der Waals surface area contributed by atoms with Gasteiger partial charge >= 0.3 is 0 Å². The van der Waals surface area contributed by atoms with Crippen molar-refractivity contribution in [2.45, 2.75) is 70.8 Å². The maximum absolute atomic E-state index is 6.21. The molecule has 2 saturated carbocycles. The second-order valence-corrected chi connectivity index (χ2v) is 6.09. The molecule has 0 radical (unpaired) electrons. The fourth-order valence-corrected chi connectivity index (χ4v) is 3.52. The minimum atomic E-state index is 0.166. The Kier molecular flexibility index (Phi) is 2.63. The number of nitrogens with two attached hydrogens (primary N) is 1. The summed E-state index contributed by atoms with van der Waals surface area (Å²) in [5.74, 6) is 1.04. The number of unbranched alkanes of at least 4 members (excludes halogenated alkanes) is 2. The van der Waals surface area contributed by atoms with Crippen LogP contribution in [0.5, 0.6) is 0 Å². The van der Waals surface area contributed by atoms with Crippen LogP contribution in [0.1, 0.15) is 65.2 Å². The van der Waals surface area contributed by atoms with Crippen molar-refractivity contribution in [2.24, 2.45) is 17.1 Å². The third kappa shape index (κ3) is 1.98. The molecule has 0 heterocycles. The van der Waals surface area contributed by atoms with Gasteiger partial charge in [0.1, 0.15) is 0 Å². The SMILES string of the molecule is CCCCCC1CC12CCC(C)(N)C2. The van der Waals surface area contributed by atoms with Crippen LogP contribution in [0.2, 0.25) is 0 Å². The normalized spacial score (nSPS) is 46.1. The molecule has 14 heavy (non-hydrogen) atoms. The van der Waals surface area contributed by atoms with Crippen molar-refractivity contribution >= 4 is 0 Å². The minimum Gasteiger partial charge on any atom is -0.325 e. The Morgan fingerprint density at radius 1 is 1.29 bits per heavy atom. The van der Waals surface area contributed by atoms with E-state index in [9.17, 15) is 0 Å². The number of rotatable bonds is 4. The van der Waals surface area contributed by atoms with E-state index in [2.05, 4.69) is 13.8 Å². The molecule has 0 saturated heterocycles. The minimum absolute atomic E-state index is 0.166. The second-order valence-electron chi connectivity index (χ2n) is 6.09. The Balaban J connectivity index is 1.75. The van der Waals surface area contributed by atoms with Crippen molar-refractivity contribution in [3.63, 3.8) is 0 Å². The molecular weight excluding hydrogens is 170 g/mol. The van der Waals surface area contributed by atoms with Crippen LogP contribution < -0.4 is 5.73 Å². The fraction of sp³-hybridized carbons (Fsp3) is 1.00. The highest BCUT2D eigenvalue weighted by Crippen LogP contribution is 2.66. The Hall–Kier alpha value is -0.0400. The quantitative estimate of drug-likeness (QED) is 0.683. The van der Waals surface area contributed by atoms with Crippen molar-refractivity contribution in [1.29, 1.82) is 0 Å². The van der Waals surface area contributed by atoms with Gasteiger partial charge in [0.25, 0.3) is 0 Å². The van der Waals surface area contributed by atoms with Gasteiger partial charge in [-0.15, -0.1) is 0 Å². The van der Waals surface area contributed by atoms with Gasteiger partial charge in [-0.2, -0.15) is 0 Å². The van der Waals surface area contributed by atoms with Crippen LogP contribution in [0, 0.1) is 11.3 Å². The van der Waals surface area contributed by atoms with Gasteiger partial charge in [0.15, 0.2) is 0 Å². The Morgan fingerprint density at radius 2 is 2.07 bits per heavy atom. The standard InChI is InChI=1S/C13H25N/c1-3-4-5-6-11-9-13(11)8-7-12(2,14)10-13/h11H,3-10,14H2,1-2H3. The third-order valence-corrected chi connectivity index (χ3v) is 4.46. The molecule has 0 amide bonds. The monoisotopic (exact) mass is 195 g/mol. The molecule has 2 fully saturated rings. The predicted octanol–water partition coefficient (Wildman–Crippen LogP) is 3.47. The lowest BCUT2D eigenvalue weighted by Crippen LogP contribution is -2.32. The zero-order chi connectivity index (χ0) is 10.2. The summed E-state index contributed by atoms with van der Waals surface area (Å²) in [5, 5.41) is 0. The molecule has 0 aromatic heterocycles. The van der Waals surface area contributed by atoms with Crippen molar-refractivity contribution in [1.82, 2.24) is 0 Å². The summed E-state index contributed by atoms with van der Waals surface area (Å²) in [5.41, 5.74) is 7.10. The van der Waals surface area contributed by atoms with Crippen LogP contribution in [-0.2, 0) is 0 Å². The van der Waals surface area contributed by atoms with Gasteiger partial charge in [0, 0.05) is 5.54 Å². The lowest BCUT2D eigenvalue weighted by Gasteiger charge is -2.17. The molecule has 0 bridgehead atoms. The van der Waals surface area contributed by atoms with E-state index >= 15 is 0 Å². The summed E-state index contributed by atoms with van der Waals surface area (Å²) < 4.78 is 0. The summed E-state index contributed by atoms with van der Waals surface area (Å²) in [4.78, 5) is 0. The Bertz CT molecular complexity index is 209. The summed E-state index contributed by atoms with van der Waals surface area (Å²) in [6.07, 6.45) is 11.2. The van der Waals surface area contributed by atoms with Crippen LogP contribution in [0.15, 0.2) is 0 Å². The van der Waals surface area contributed by atoms with Gasteiger partial charge in [-0.1, -0.05) is 26.2 Å². The highest BCUT2D eigenvalue weighted by Gasteiger charge is 2.58. The van der Waals surface area contributed by atoms with E-state index in [0.717, 1.165) is 11.3 Å². The molecule has 3 atom stereocenters. The molecule has 1 spiro atoms. The molecule has 0 aromatic carbocycles. The zero-order valence-electron chi connectivity index (χ0n) is 9.81. The summed E-state index contributed by atoms with van der Waals surface area (Å²) in [7, 11) is 0. The molecule has 2 aliphatic carbocycles. The van der Waals surface area contributed by atoms with Crippen molar-refractivity contribution in [2.75, 3.05) is 0 Å². The first-order chi connectivity index (χ1) is 6.58. The van der Waals surface area contributed by atoms with Gasteiger partial charge in [-0.05, 0) is 50.4 Å². The molecule has 0 aliphatic heterocycles. The van der Waals surface area contributed by atoms with Crippen molar-refractivity contribution < 1.29 is 0 Å². The summed E-state index contributed by atoms with van der Waals surface area (Å²) >= 11 is 0. The van der Waals surface area contributed by atoms with Crippen molar-refractivity contribution in [3.05, 3.63) is 0 Å². The first-order valence-corrected chi connectivity index (χ1v) is 6.37. The lowest BCUT2D eigenvalue weighted by atomic mass is 9.95.